The molecule has 21 heavy (non-hydrogen) atoms. The van der Waals surface area contributed by atoms with Gasteiger partial charge in [0.2, 0.25) is 10.0 Å². The molecule has 114 valence electrons. The SMILES string of the molecule is CCC(NS(=O)(=O)c1ccc(OC)cc1N)c1cccs1. The molecule has 0 saturated heterocycles. The van der Waals surface area contributed by atoms with Crippen LogP contribution in [0.25, 0.3) is 0 Å². The zero-order chi connectivity index (χ0) is 15.5. The van der Waals surface area contributed by atoms with E-state index in [1.807, 2.05) is 24.4 Å². The summed E-state index contributed by atoms with van der Waals surface area (Å²) in [7, 11) is -2.17. The second-order valence-electron chi connectivity index (χ2n) is 4.50. The number of benzene rings is 1. The lowest BCUT2D eigenvalue weighted by Gasteiger charge is -2.17. The molecule has 1 unspecified atom stereocenters. The van der Waals surface area contributed by atoms with E-state index in [9.17, 15) is 8.42 Å². The van der Waals surface area contributed by atoms with Gasteiger partial charge in [-0.05, 0) is 30.0 Å². The highest BCUT2D eigenvalue weighted by atomic mass is 32.2. The van der Waals surface area contributed by atoms with Crippen LogP contribution < -0.4 is 15.2 Å². The van der Waals surface area contributed by atoms with E-state index in [0.29, 0.717) is 12.2 Å². The first-order valence-electron chi connectivity index (χ1n) is 6.47. The smallest absolute Gasteiger partial charge is 0.243 e. The van der Waals surface area contributed by atoms with Crippen molar-refractivity contribution in [3.05, 3.63) is 40.6 Å². The summed E-state index contributed by atoms with van der Waals surface area (Å²) in [5.41, 5.74) is 5.99. The molecule has 0 radical (unpaired) electrons. The summed E-state index contributed by atoms with van der Waals surface area (Å²) in [4.78, 5) is 1.05. The van der Waals surface area contributed by atoms with Crippen molar-refractivity contribution in [1.82, 2.24) is 4.72 Å². The van der Waals surface area contributed by atoms with Gasteiger partial charge in [0.05, 0.1) is 18.8 Å². The average Bonchev–Trinajstić information content (AvgIpc) is 2.98. The summed E-state index contributed by atoms with van der Waals surface area (Å²) in [6.07, 6.45) is 0.663. The highest BCUT2D eigenvalue weighted by Crippen LogP contribution is 2.27. The Labute approximate surface area is 128 Å². The van der Waals surface area contributed by atoms with Crippen molar-refractivity contribution >= 4 is 27.0 Å². The van der Waals surface area contributed by atoms with Crippen LogP contribution in [-0.2, 0) is 10.0 Å². The molecule has 1 heterocycles. The van der Waals surface area contributed by atoms with Crippen LogP contribution in [0.3, 0.4) is 0 Å². The Morgan fingerprint density at radius 3 is 2.67 bits per heavy atom. The van der Waals surface area contributed by atoms with Gasteiger partial charge in [-0.2, -0.15) is 0 Å². The molecule has 0 saturated carbocycles. The molecule has 3 N–H and O–H groups in total. The molecule has 5 nitrogen and oxygen atoms in total. The first-order chi connectivity index (χ1) is 9.97. The van der Waals surface area contributed by atoms with E-state index >= 15 is 0 Å². The largest absolute Gasteiger partial charge is 0.497 e. The number of hydrogen-bond donors (Lipinski definition) is 2. The number of thiophene rings is 1. The van der Waals surface area contributed by atoms with Gasteiger partial charge in [0, 0.05) is 10.9 Å². The summed E-state index contributed by atoms with van der Waals surface area (Å²) >= 11 is 1.52. The van der Waals surface area contributed by atoms with Crippen LogP contribution in [0.4, 0.5) is 5.69 Å². The number of nitrogen functional groups attached to an aromatic ring is 1. The fourth-order valence-electron chi connectivity index (χ4n) is 1.98. The maximum Gasteiger partial charge on any atom is 0.243 e. The monoisotopic (exact) mass is 326 g/mol. The molecule has 2 rings (SSSR count). The van der Waals surface area contributed by atoms with Gasteiger partial charge < -0.3 is 10.5 Å². The third-order valence-corrected chi connectivity index (χ3v) is 5.63. The van der Waals surface area contributed by atoms with Gasteiger partial charge in [-0.3, -0.25) is 0 Å². The van der Waals surface area contributed by atoms with Crippen molar-refractivity contribution in [2.45, 2.75) is 24.3 Å². The van der Waals surface area contributed by atoms with E-state index in [1.54, 1.807) is 6.07 Å². The molecule has 0 spiro atoms. The van der Waals surface area contributed by atoms with E-state index in [0.717, 1.165) is 4.88 Å². The van der Waals surface area contributed by atoms with E-state index in [2.05, 4.69) is 4.72 Å². The van der Waals surface area contributed by atoms with Crippen molar-refractivity contribution in [3.63, 3.8) is 0 Å². The van der Waals surface area contributed by atoms with E-state index in [-0.39, 0.29) is 16.6 Å². The molecule has 1 aromatic carbocycles. The summed E-state index contributed by atoms with van der Waals surface area (Å²) < 4.78 is 32.7. The number of sulfonamides is 1. The van der Waals surface area contributed by atoms with Gasteiger partial charge in [0.15, 0.2) is 0 Å². The minimum absolute atomic E-state index is 0.0679. The van der Waals surface area contributed by atoms with Crippen molar-refractivity contribution in [2.24, 2.45) is 0 Å². The van der Waals surface area contributed by atoms with Crippen LogP contribution in [0, 0.1) is 0 Å². The predicted molar refractivity (Wildman–Crippen MR) is 85.1 cm³/mol. The normalized spacial score (nSPS) is 13.0. The van der Waals surface area contributed by atoms with Crippen LogP contribution >= 0.6 is 11.3 Å². The maximum absolute atomic E-state index is 12.5. The van der Waals surface area contributed by atoms with E-state index in [1.165, 1.54) is 30.6 Å². The molecule has 0 aliphatic heterocycles. The lowest BCUT2D eigenvalue weighted by Crippen LogP contribution is -2.28. The highest BCUT2D eigenvalue weighted by molar-refractivity contribution is 7.89. The Bertz CT molecular complexity index is 697. The van der Waals surface area contributed by atoms with Crippen LogP contribution in [0.5, 0.6) is 5.75 Å². The summed E-state index contributed by atoms with van der Waals surface area (Å²) in [6, 6.07) is 8.10. The summed E-state index contributed by atoms with van der Waals surface area (Å²) in [6.45, 7) is 1.93. The van der Waals surface area contributed by atoms with Crippen LogP contribution in [-0.4, -0.2) is 15.5 Å². The second kappa shape index (κ2) is 6.46. The fraction of sp³-hybridized carbons (Fsp3) is 0.286. The van der Waals surface area contributed by atoms with E-state index in [4.69, 9.17) is 10.5 Å². The van der Waals surface area contributed by atoms with E-state index < -0.39 is 10.0 Å². The fourth-order valence-corrected chi connectivity index (χ4v) is 4.33. The molecular formula is C14H18N2O3S2. The number of hydrogen-bond acceptors (Lipinski definition) is 5. The second-order valence-corrected chi connectivity index (χ2v) is 7.16. The Hall–Kier alpha value is -1.57. The third-order valence-electron chi connectivity index (χ3n) is 3.10. The number of nitrogens with one attached hydrogen (secondary N) is 1. The minimum Gasteiger partial charge on any atom is -0.497 e. The van der Waals surface area contributed by atoms with Crippen LogP contribution in [0.1, 0.15) is 24.3 Å². The quantitative estimate of drug-likeness (QED) is 0.800. The Balaban J connectivity index is 2.29. The van der Waals surface area contributed by atoms with Gasteiger partial charge in [-0.1, -0.05) is 13.0 Å². The van der Waals surface area contributed by atoms with Crippen molar-refractivity contribution in [2.75, 3.05) is 12.8 Å². The molecule has 0 amide bonds. The molecular weight excluding hydrogens is 308 g/mol. The molecule has 1 atom stereocenters. The Morgan fingerprint density at radius 1 is 1.38 bits per heavy atom. The lowest BCUT2D eigenvalue weighted by atomic mass is 10.2. The zero-order valence-electron chi connectivity index (χ0n) is 11.9. The van der Waals surface area contributed by atoms with Crippen LogP contribution in [0.15, 0.2) is 40.6 Å². The average molecular weight is 326 g/mol. The van der Waals surface area contributed by atoms with Crippen molar-refractivity contribution in [1.29, 1.82) is 0 Å². The van der Waals surface area contributed by atoms with Crippen molar-refractivity contribution < 1.29 is 13.2 Å². The predicted octanol–water partition coefficient (Wildman–Crippen LogP) is 2.77. The minimum atomic E-state index is -3.68. The standard InChI is InChI=1S/C14H18N2O3S2/c1-3-12(13-5-4-8-20-13)16-21(17,18)14-7-6-10(19-2)9-11(14)15/h4-9,12,16H,3,15H2,1-2H3. The molecule has 1 aromatic heterocycles. The van der Waals surface area contributed by atoms with Gasteiger partial charge >= 0.3 is 0 Å². The number of ether oxygens (including phenoxy) is 1. The summed E-state index contributed by atoms with van der Waals surface area (Å²) in [5.74, 6) is 0.525. The molecule has 0 bridgehead atoms. The van der Waals surface area contributed by atoms with Gasteiger partial charge in [0.25, 0.3) is 0 Å². The Kier molecular flexibility index (Phi) is 4.87. The first-order valence-corrected chi connectivity index (χ1v) is 8.83. The molecule has 7 heteroatoms. The summed E-state index contributed by atoms with van der Waals surface area (Å²) in [5, 5.41) is 1.92. The van der Waals surface area contributed by atoms with Gasteiger partial charge in [-0.25, -0.2) is 13.1 Å². The molecule has 2 aromatic rings. The van der Waals surface area contributed by atoms with Gasteiger partial charge in [-0.15, -0.1) is 11.3 Å². The Morgan fingerprint density at radius 2 is 2.14 bits per heavy atom. The van der Waals surface area contributed by atoms with Crippen molar-refractivity contribution in [3.8, 4) is 5.75 Å². The lowest BCUT2D eigenvalue weighted by molar-refractivity contribution is 0.414. The number of rotatable bonds is 6. The van der Waals surface area contributed by atoms with Crippen LogP contribution in [0.2, 0.25) is 0 Å². The topological polar surface area (TPSA) is 81.4 Å². The third kappa shape index (κ3) is 3.55. The molecule has 0 aliphatic rings. The number of anilines is 1. The molecule has 0 fully saturated rings. The molecule has 0 aliphatic carbocycles. The first kappa shape index (κ1) is 15.8. The van der Waals surface area contributed by atoms with Gasteiger partial charge in [0.1, 0.15) is 10.6 Å². The number of methoxy groups -OCH3 is 1. The maximum atomic E-state index is 12.5. The highest BCUT2D eigenvalue weighted by Gasteiger charge is 2.23. The number of nitrogens with two attached hydrogens (primary N) is 1. The zero-order valence-corrected chi connectivity index (χ0v) is 13.5.